The van der Waals surface area contributed by atoms with Gasteiger partial charge in [-0.15, -0.1) is 0 Å². The molecule has 0 aliphatic heterocycles. The summed E-state index contributed by atoms with van der Waals surface area (Å²) in [6.07, 6.45) is 5.11. The molecule has 1 aliphatic carbocycles. The quantitative estimate of drug-likeness (QED) is 0.530. The van der Waals surface area contributed by atoms with Gasteiger partial charge in [0.2, 0.25) is 0 Å². The molecule has 1 N–H and O–H groups in total. The molecule has 1 heterocycles. The summed E-state index contributed by atoms with van der Waals surface area (Å²) in [6, 6.07) is -0.787. The Morgan fingerprint density at radius 1 is 1.13 bits per heavy atom. The van der Waals surface area contributed by atoms with Crippen molar-refractivity contribution in [3.63, 3.8) is 0 Å². The lowest BCUT2D eigenvalue weighted by Gasteiger charge is -2.38. The van der Waals surface area contributed by atoms with Gasteiger partial charge < -0.3 is 19.5 Å². The lowest BCUT2D eigenvalue weighted by molar-refractivity contribution is 0.0587. The number of carbonyl (C=O) groups is 3. The zero-order valence-corrected chi connectivity index (χ0v) is 19.5. The zero-order chi connectivity index (χ0) is 22.6. The summed E-state index contributed by atoms with van der Waals surface area (Å²) in [4.78, 5) is 40.8. The zero-order valence-electron chi connectivity index (χ0n) is 19.5. The van der Waals surface area contributed by atoms with Gasteiger partial charge in [-0.05, 0) is 59.9 Å². The Morgan fingerprint density at radius 3 is 2.23 bits per heavy atom. The number of amides is 2. The van der Waals surface area contributed by atoms with E-state index in [2.05, 4.69) is 5.32 Å². The van der Waals surface area contributed by atoms with E-state index in [0.29, 0.717) is 23.4 Å². The van der Waals surface area contributed by atoms with Crippen LogP contribution in [0.15, 0.2) is 0 Å². The van der Waals surface area contributed by atoms with Crippen LogP contribution in [0.1, 0.15) is 91.9 Å². The van der Waals surface area contributed by atoms with Gasteiger partial charge >= 0.3 is 12.0 Å². The largest absolute Gasteiger partial charge is 0.464 e. The maximum atomic E-state index is 13.7. The third-order valence-corrected chi connectivity index (χ3v) is 6.12. The number of urea groups is 1. The van der Waals surface area contributed by atoms with E-state index in [4.69, 9.17) is 4.74 Å². The van der Waals surface area contributed by atoms with Crippen LogP contribution in [0.5, 0.6) is 0 Å². The number of rotatable bonds is 7. The van der Waals surface area contributed by atoms with Gasteiger partial charge in [0, 0.05) is 29.9 Å². The molecule has 2 rings (SSSR count). The fourth-order valence-electron chi connectivity index (χ4n) is 4.69. The molecule has 30 heavy (non-hydrogen) atoms. The van der Waals surface area contributed by atoms with Crippen LogP contribution in [0.3, 0.4) is 0 Å². The van der Waals surface area contributed by atoms with Gasteiger partial charge in [-0.2, -0.15) is 0 Å². The monoisotopic (exact) mass is 419 g/mol. The minimum absolute atomic E-state index is 0.0125. The number of nitrogens with zero attached hydrogens (tertiary/aromatic N) is 2. The van der Waals surface area contributed by atoms with E-state index in [9.17, 15) is 14.4 Å². The van der Waals surface area contributed by atoms with Crippen LogP contribution in [-0.2, 0) is 11.3 Å². The van der Waals surface area contributed by atoms with E-state index >= 15 is 0 Å². The number of nitrogens with one attached hydrogen (secondary N) is 1. The second-order valence-corrected chi connectivity index (χ2v) is 8.51. The SMILES string of the molecule is CCn1c(C)c(C(=O)C(C)N(C(=O)NC(C)C)C2CCCCC2)c(C)c1C(=O)OC. The van der Waals surface area contributed by atoms with E-state index < -0.39 is 12.0 Å². The summed E-state index contributed by atoms with van der Waals surface area (Å²) in [5.74, 6) is -0.585. The van der Waals surface area contributed by atoms with Crippen molar-refractivity contribution in [2.75, 3.05) is 7.11 Å². The molecule has 1 aromatic heterocycles. The molecule has 7 heteroatoms. The third kappa shape index (κ3) is 4.71. The molecule has 0 saturated heterocycles. The summed E-state index contributed by atoms with van der Waals surface area (Å²) in [6.45, 7) is 11.8. The first-order valence-corrected chi connectivity index (χ1v) is 11.1. The Balaban J connectivity index is 2.47. The van der Waals surface area contributed by atoms with Crippen molar-refractivity contribution in [3.05, 3.63) is 22.5 Å². The molecule has 0 aromatic carbocycles. The molecule has 1 saturated carbocycles. The van der Waals surface area contributed by atoms with Crippen LogP contribution in [0.2, 0.25) is 0 Å². The van der Waals surface area contributed by atoms with E-state index in [-0.39, 0.29) is 23.9 Å². The van der Waals surface area contributed by atoms with Crippen molar-refractivity contribution in [2.45, 2.75) is 98.3 Å². The van der Waals surface area contributed by atoms with Crippen molar-refractivity contribution in [2.24, 2.45) is 0 Å². The summed E-state index contributed by atoms with van der Waals surface area (Å²) >= 11 is 0. The lowest BCUT2D eigenvalue weighted by atomic mass is 9.91. The highest BCUT2D eigenvalue weighted by Crippen LogP contribution is 2.29. The summed E-state index contributed by atoms with van der Waals surface area (Å²) in [5.41, 5.74) is 2.28. The predicted octanol–water partition coefficient (Wildman–Crippen LogP) is 4.24. The van der Waals surface area contributed by atoms with Gasteiger partial charge in [0.25, 0.3) is 0 Å². The van der Waals surface area contributed by atoms with Gasteiger partial charge in [-0.3, -0.25) is 4.79 Å². The molecule has 7 nitrogen and oxygen atoms in total. The van der Waals surface area contributed by atoms with Crippen LogP contribution in [-0.4, -0.2) is 52.5 Å². The first-order chi connectivity index (χ1) is 14.1. The molecule has 2 amide bonds. The molecule has 0 spiro atoms. The molecule has 1 aromatic rings. The number of hydrogen-bond acceptors (Lipinski definition) is 4. The van der Waals surface area contributed by atoms with Crippen LogP contribution >= 0.6 is 0 Å². The number of carbonyl (C=O) groups excluding carboxylic acids is 3. The van der Waals surface area contributed by atoms with Crippen molar-refractivity contribution in [1.29, 1.82) is 0 Å². The lowest BCUT2D eigenvalue weighted by Crippen LogP contribution is -2.55. The number of methoxy groups -OCH3 is 1. The Bertz CT molecular complexity index is 791. The Kier molecular flexibility index (Phi) is 8.10. The minimum atomic E-state index is -0.623. The van der Waals surface area contributed by atoms with Gasteiger partial charge in [0.15, 0.2) is 5.78 Å². The highest BCUT2D eigenvalue weighted by atomic mass is 16.5. The topological polar surface area (TPSA) is 80.6 Å². The standard InChI is InChI=1S/C23H37N3O4/c1-8-25-16(5)19(15(4)20(25)22(28)30-7)21(27)17(6)26(23(29)24-14(2)3)18-12-10-9-11-13-18/h14,17-18H,8-13H2,1-7H3,(H,24,29). The normalized spacial score (nSPS) is 15.7. The fraction of sp³-hybridized carbons (Fsp3) is 0.696. The molecule has 1 atom stereocenters. The molecule has 168 valence electrons. The number of ketones is 1. The summed E-state index contributed by atoms with van der Waals surface area (Å²) < 4.78 is 6.77. The third-order valence-electron chi connectivity index (χ3n) is 6.12. The van der Waals surface area contributed by atoms with E-state index in [0.717, 1.165) is 31.4 Å². The maximum absolute atomic E-state index is 13.7. The van der Waals surface area contributed by atoms with E-state index in [1.54, 1.807) is 18.7 Å². The van der Waals surface area contributed by atoms with Crippen LogP contribution in [0.25, 0.3) is 0 Å². The number of esters is 1. The molecule has 1 aliphatic rings. The smallest absolute Gasteiger partial charge is 0.354 e. The van der Waals surface area contributed by atoms with E-state index in [1.165, 1.54) is 13.5 Å². The van der Waals surface area contributed by atoms with E-state index in [1.807, 2.05) is 32.3 Å². The molecule has 0 radical (unpaired) electrons. The highest BCUT2D eigenvalue weighted by molar-refractivity contribution is 6.06. The average molecular weight is 420 g/mol. The first-order valence-electron chi connectivity index (χ1n) is 11.1. The number of aromatic nitrogens is 1. The van der Waals surface area contributed by atoms with Gasteiger partial charge in [-0.25, -0.2) is 9.59 Å². The van der Waals surface area contributed by atoms with Crippen molar-refractivity contribution >= 4 is 17.8 Å². The van der Waals surface area contributed by atoms with Gasteiger partial charge in [0.1, 0.15) is 5.69 Å². The van der Waals surface area contributed by atoms with Crippen LogP contribution in [0.4, 0.5) is 4.79 Å². The maximum Gasteiger partial charge on any atom is 0.354 e. The Labute approximate surface area is 180 Å². The molecular formula is C23H37N3O4. The second kappa shape index (κ2) is 10.1. The number of Topliss-reactive ketones (excluding diaryl/α,β-unsaturated/α-hetero) is 1. The van der Waals surface area contributed by atoms with Gasteiger partial charge in [0.05, 0.1) is 13.2 Å². The minimum Gasteiger partial charge on any atom is -0.464 e. The fourth-order valence-corrected chi connectivity index (χ4v) is 4.69. The average Bonchev–Trinajstić information content (AvgIpc) is 2.96. The molecule has 1 fully saturated rings. The first kappa shape index (κ1) is 24.0. The molecule has 1 unspecified atom stereocenters. The number of ether oxygens (including phenoxy) is 1. The second-order valence-electron chi connectivity index (χ2n) is 8.51. The van der Waals surface area contributed by atoms with Crippen molar-refractivity contribution in [1.82, 2.24) is 14.8 Å². The van der Waals surface area contributed by atoms with Crippen LogP contribution in [0, 0.1) is 13.8 Å². The Morgan fingerprint density at radius 2 is 1.73 bits per heavy atom. The molecular weight excluding hydrogens is 382 g/mol. The summed E-state index contributed by atoms with van der Waals surface area (Å²) in [7, 11) is 1.34. The predicted molar refractivity (Wildman–Crippen MR) is 117 cm³/mol. The Hall–Kier alpha value is -2.31. The number of hydrogen-bond donors (Lipinski definition) is 1. The van der Waals surface area contributed by atoms with Crippen LogP contribution < -0.4 is 5.32 Å². The van der Waals surface area contributed by atoms with Crippen molar-refractivity contribution in [3.8, 4) is 0 Å². The molecule has 0 bridgehead atoms. The van der Waals surface area contributed by atoms with Gasteiger partial charge in [-0.1, -0.05) is 19.3 Å². The van der Waals surface area contributed by atoms with Crippen molar-refractivity contribution < 1.29 is 19.1 Å². The highest BCUT2D eigenvalue weighted by Gasteiger charge is 2.36. The summed E-state index contributed by atoms with van der Waals surface area (Å²) in [5, 5.41) is 2.97.